The molecular weight excluding hydrogens is 256 g/mol. The predicted molar refractivity (Wildman–Crippen MR) is 78.4 cm³/mol. The molecule has 5 heteroatoms. The molecule has 1 fully saturated rings. The van der Waals surface area contributed by atoms with Crippen LogP contribution in [-0.2, 0) is 0 Å². The molecule has 0 amide bonds. The van der Waals surface area contributed by atoms with Gasteiger partial charge in [-0.25, -0.2) is 0 Å². The van der Waals surface area contributed by atoms with Gasteiger partial charge in [0, 0.05) is 36.0 Å². The Morgan fingerprint density at radius 3 is 2.55 bits per heavy atom. The van der Waals surface area contributed by atoms with E-state index in [0.29, 0.717) is 11.6 Å². The summed E-state index contributed by atoms with van der Waals surface area (Å²) in [5.74, 6) is -0.125. The summed E-state index contributed by atoms with van der Waals surface area (Å²) >= 11 is 0. The van der Waals surface area contributed by atoms with Crippen LogP contribution in [0.3, 0.4) is 0 Å². The van der Waals surface area contributed by atoms with Crippen molar-refractivity contribution < 1.29 is 9.72 Å². The fraction of sp³-hybridized carbons (Fsp3) is 0.533. The van der Waals surface area contributed by atoms with E-state index in [1.807, 2.05) is 0 Å². The second-order valence-electron chi connectivity index (χ2n) is 5.24. The van der Waals surface area contributed by atoms with E-state index in [1.54, 1.807) is 6.07 Å². The molecule has 0 aromatic heterocycles. The van der Waals surface area contributed by atoms with Crippen LogP contribution in [0, 0.1) is 10.1 Å². The zero-order valence-corrected chi connectivity index (χ0v) is 12.0. The number of benzene rings is 1. The average Bonchev–Trinajstić information content (AvgIpc) is 2.93. The highest BCUT2D eigenvalue weighted by Crippen LogP contribution is 2.32. The largest absolute Gasteiger partial charge is 0.368 e. The molecule has 0 unspecified atom stereocenters. The number of carbonyl (C=O) groups is 1. The van der Waals surface area contributed by atoms with E-state index < -0.39 is 4.92 Å². The lowest BCUT2D eigenvalue weighted by Crippen LogP contribution is -2.34. The number of Topliss-reactive ketones (excluding diaryl/α,β-unsaturated/α-hetero) is 1. The van der Waals surface area contributed by atoms with Gasteiger partial charge in [-0.1, -0.05) is 12.8 Å². The van der Waals surface area contributed by atoms with Crippen molar-refractivity contribution in [1.82, 2.24) is 0 Å². The number of hydrogen-bond acceptors (Lipinski definition) is 4. The highest BCUT2D eigenvalue weighted by atomic mass is 16.6. The SMILES string of the molecule is CCN(c1ccc([N+](=O)[O-])cc1C(C)=O)C1CCCC1. The molecule has 20 heavy (non-hydrogen) atoms. The molecule has 1 saturated carbocycles. The summed E-state index contributed by atoms with van der Waals surface area (Å²) in [5, 5.41) is 10.9. The number of non-ortho nitro benzene ring substituents is 1. The summed E-state index contributed by atoms with van der Waals surface area (Å²) in [5.41, 5.74) is 1.26. The number of nitro benzene ring substituents is 1. The summed E-state index contributed by atoms with van der Waals surface area (Å²) in [4.78, 5) is 24.4. The number of nitrogens with zero attached hydrogens (tertiary/aromatic N) is 2. The third-order valence-electron chi connectivity index (χ3n) is 3.99. The van der Waals surface area contributed by atoms with Gasteiger partial charge in [-0.15, -0.1) is 0 Å². The van der Waals surface area contributed by atoms with E-state index in [2.05, 4.69) is 11.8 Å². The predicted octanol–water partition coefficient (Wildman–Crippen LogP) is 3.57. The minimum atomic E-state index is -0.456. The fourth-order valence-electron chi connectivity index (χ4n) is 3.01. The van der Waals surface area contributed by atoms with E-state index in [1.165, 1.54) is 31.9 Å². The van der Waals surface area contributed by atoms with Crippen LogP contribution in [0.2, 0.25) is 0 Å². The minimum Gasteiger partial charge on any atom is -0.368 e. The molecule has 0 N–H and O–H groups in total. The lowest BCUT2D eigenvalue weighted by atomic mass is 10.0. The number of rotatable bonds is 5. The van der Waals surface area contributed by atoms with Gasteiger partial charge in [-0.05, 0) is 32.8 Å². The van der Waals surface area contributed by atoms with Crippen LogP contribution in [0.1, 0.15) is 49.9 Å². The van der Waals surface area contributed by atoms with Crippen LogP contribution >= 0.6 is 0 Å². The molecule has 0 spiro atoms. The topological polar surface area (TPSA) is 63.4 Å². The van der Waals surface area contributed by atoms with E-state index in [4.69, 9.17) is 0 Å². The van der Waals surface area contributed by atoms with Gasteiger partial charge in [0.1, 0.15) is 0 Å². The number of nitro groups is 1. The molecule has 5 nitrogen and oxygen atoms in total. The summed E-state index contributed by atoms with van der Waals surface area (Å²) in [6, 6.07) is 5.05. The van der Waals surface area contributed by atoms with Gasteiger partial charge >= 0.3 is 0 Å². The van der Waals surface area contributed by atoms with Crippen molar-refractivity contribution in [3.63, 3.8) is 0 Å². The second-order valence-corrected chi connectivity index (χ2v) is 5.24. The number of carbonyl (C=O) groups excluding carboxylic acids is 1. The van der Waals surface area contributed by atoms with E-state index in [0.717, 1.165) is 25.1 Å². The molecule has 2 rings (SSSR count). The van der Waals surface area contributed by atoms with Crippen molar-refractivity contribution >= 4 is 17.2 Å². The Labute approximate surface area is 118 Å². The third kappa shape index (κ3) is 2.81. The minimum absolute atomic E-state index is 0.0265. The van der Waals surface area contributed by atoms with E-state index in [-0.39, 0.29) is 11.5 Å². The van der Waals surface area contributed by atoms with Crippen molar-refractivity contribution in [2.45, 2.75) is 45.6 Å². The maximum absolute atomic E-state index is 11.8. The Morgan fingerprint density at radius 1 is 1.40 bits per heavy atom. The first-order chi connectivity index (χ1) is 9.54. The van der Waals surface area contributed by atoms with Gasteiger partial charge in [0.15, 0.2) is 5.78 Å². The van der Waals surface area contributed by atoms with Crippen molar-refractivity contribution in [3.05, 3.63) is 33.9 Å². The van der Waals surface area contributed by atoms with Crippen molar-refractivity contribution in [3.8, 4) is 0 Å². The van der Waals surface area contributed by atoms with Crippen LogP contribution < -0.4 is 4.90 Å². The Kier molecular flexibility index (Phi) is 4.37. The van der Waals surface area contributed by atoms with Gasteiger partial charge in [0.25, 0.3) is 5.69 Å². The summed E-state index contributed by atoms with van der Waals surface area (Å²) in [6.07, 6.45) is 4.68. The van der Waals surface area contributed by atoms with E-state index in [9.17, 15) is 14.9 Å². The number of anilines is 1. The summed E-state index contributed by atoms with van der Waals surface area (Å²) < 4.78 is 0. The first kappa shape index (κ1) is 14.5. The van der Waals surface area contributed by atoms with Crippen molar-refractivity contribution in [1.29, 1.82) is 0 Å². The van der Waals surface area contributed by atoms with Gasteiger partial charge in [-0.2, -0.15) is 0 Å². The molecule has 108 valence electrons. The molecule has 0 bridgehead atoms. The highest BCUT2D eigenvalue weighted by molar-refractivity contribution is 6.00. The van der Waals surface area contributed by atoms with Gasteiger partial charge in [-0.3, -0.25) is 14.9 Å². The first-order valence-electron chi connectivity index (χ1n) is 7.10. The van der Waals surface area contributed by atoms with Crippen LogP contribution in [0.25, 0.3) is 0 Å². The van der Waals surface area contributed by atoms with E-state index >= 15 is 0 Å². The highest BCUT2D eigenvalue weighted by Gasteiger charge is 2.25. The lowest BCUT2D eigenvalue weighted by Gasteiger charge is -2.31. The lowest BCUT2D eigenvalue weighted by molar-refractivity contribution is -0.384. The zero-order chi connectivity index (χ0) is 14.7. The Bertz CT molecular complexity index is 522. The normalized spacial score (nSPS) is 15.3. The standard InChI is InChI=1S/C15H20N2O3/c1-3-16(12-6-4-5-7-12)15-9-8-13(17(19)20)10-14(15)11(2)18/h8-10,12H,3-7H2,1-2H3. The van der Waals surface area contributed by atoms with Gasteiger partial charge < -0.3 is 4.90 Å². The third-order valence-corrected chi connectivity index (χ3v) is 3.99. The maximum atomic E-state index is 11.8. The second kappa shape index (κ2) is 6.03. The van der Waals surface area contributed by atoms with Crippen molar-refractivity contribution in [2.75, 3.05) is 11.4 Å². The molecule has 1 aromatic rings. The first-order valence-corrected chi connectivity index (χ1v) is 7.10. The van der Waals surface area contributed by atoms with Crippen LogP contribution in [0.15, 0.2) is 18.2 Å². The van der Waals surface area contributed by atoms with Crippen molar-refractivity contribution in [2.24, 2.45) is 0 Å². The summed E-state index contributed by atoms with van der Waals surface area (Å²) in [6.45, 7) is 4.33. The monoisotopic (exact) mass is 276 g/mol. The molecule has 1 aliphatic rings. The Balaban J connectivity index is 2.42. The molecule has 1 aromatic carbocycles. The average molecular weight is 276 g/mol. The molecule has 0 heterocycles. The fourth-order valence-corrected chi connectivity index (χ4v) is 3.01. The Hall–Kier alpha value is -1.91. The number of ketones is 1. The smallest absolute Gasteiger partial charge is 0.270 e. The molecule has 0 radical (unpaired) electrons. The Morgan fingerprint density at radius 2 is 2.05 bits per heavy atom. The maximum Gasteiger partial charge on any atom is 0.270 e. The van der Waals surface area contributed by atoms with Gasteiger partial charge in [0.05, 0.1) is 4.92 Å². The number of hydrogen-bond donors (Lipinski definition) is 0. The van der Waals surface area contributed by atoms with Gasteiger partial charge in [0.2, 0.25) is 0 Å². The molecule has 0 aliphatic heterocycles. The quantitative estimate of drug-likeness (QED) is 0.468. The zero-order valence-electron chi connectivity index (χ0n) is 12.0. The van der Waals surface area contributed by atoms with Crippen LogP contribution in [0.4, 0.5) is 11.4 Å². The summed E-state index contributed by atoms with van der Waals surface area (Å²) in [7, 11) is 0. The molecule has 1 aliphatic carbocycles. The van der Waals surface area contributed by atoms with Crippen LogP contribution in [-0.4, -0.2) is 23.3 Å². The van der Waals surface area contributed by atoms with Crippen LogP contribution in [0.5, 0.6) is 0 Å². The molecule has 0 saturated heterocycles. The molecular formula is C15H20N2O3. The molecule has 0 atom stereocenters.